The predicted octanol–water partition coefficient (Wildman–Crippen LogP) is 1.71. The predicted molar refractivity (Wildman–Crippen MR) is 55.1 cm³/mol. The summed E-state index contributed by atoms with van der Waals surface area (Å²) in [6, 6.07) is 6.53. The van der Waals surface area contributed by atoms with Crippen LogP contribution in [-0.2, 0) is 0 Å². The highest BCUT2D eigenvalue weighted by molar-refractivity contribution is 5.35. The number of rotatable bonds is 4. The van der Waals surface area contributed by atoms with E-state index < -0.39 is 4.92 Å². The Kier molecular flexibility index (Phi) is 3.59. The summed E-state index contributed by atoms with van der Waals surface area (Å²) < 4.78 is 0. The van der Waals surface area contributed by atoms with E-state index in [9.17, 15) is 10.1 Å². The first kappa shape index (κ1) is 10.7. The molecular weight excluding hydrogens is 180 g/mol. The Labute approximate surface area is 83.3 Å². The van der Waals surface area contributed by atoms with E-state index in [1.807, 2.05) is 25.4 Å². The molecule has 14 heavy (non-hydrogen) atoms. The number of non-ortho nitro benzene ring substituents is 1. The van der Waals surface area contributed by atoms with Crippen molar-refractivity contribution in [2.75, 3.05) is 20.6 Å². The molecule has 0 aliphatic heterocycles. The summed E-state index contributed by atoms with van der Waals surface area (Å²) >= 11 is 0. The minimum Gasteiger partial charge on any atom is -0.309 e. The number of hydrogen-bond donors (Lipinski definition) is 0. The van der Waals surface area contributed by atoms with E-state index >= 15 is 0 Å². The molecule has 0 aliphatic carbocycles. The third-order valence-electron chi connectivity index (χ3n) is 1.80. The van der Waals surface area contributed by atoms with Crippen LogP contribution in [0.1, 0.15) is 5.56 Å². The number of nitro groups is 1. The van der Waals surface area contributed by atoms with Crippen molar-refractivity contribution in [3.63, 3.8) is 0 Å². The molecule has 1 aromatic rings. The summed E-state index contributed by atoms with van der Waals surface area (Å²) in [5.41, 5.74) is 1.14. The molecule has 1 radical (unpaired) electrons. The number of nitrogens with zero attached hydrogens (tertiary/aromatic N) is 2. The number of likely N-dealkylation sites (N-methyl/N-ethyl adjacent to an activating group) is 1. The summed E-state index contributed by atoms with van der Waals surface area (Å²) in [4.78, 5) is 12.0. The van der Waals surface area contributed by atoms with E-state index in [1.165, 1.54) is 12.1 Å². The van der Waals surface area contributed by atoms with Gasteiger partial charge in [0.05, 0.1) is 4.92 Å². The molecule has 1 aromatic carbocycles. The lowest BCUT2D eigenvalue weighted by Gasteiger charge is -2.08. The first-order valence-electron chi connectivity index (χ1n) is 4.32. The second-order valence-corrected chi connectivity index (χ2v) is 3.32. The second-order valence-electron chi connectivity index (χ2n) is 3.32. The molecule has 0 spiro atoms. The van der Waals surface area contributed by atoms with Gasteiger partial charge in [0.15, 0.2) is 0 Å². The molecule has 0 atom stereocenters. The Hall–Kier alpha value is -1.42. The van der Waals surface area contributed by atoms with E-state index in [0.29, 0.717) is 0 Å². The lowest BCUT2D eigenvalue weighted by molar-refractivity contribution is -0.384. The minimum absolute atomic E-state index is 0.131. The van der Waals surface area contributed by atoms with Crippen LogP contribution < -0.4 is 0 Å². The SMILES string of the molecule is CN(C)C[CH]c1ccc([N+](=O)[O-])cc1. The quantitative estimate of drug-likeness (QED) is 0.540. The summed E-state index contributed by atoms with van der Waals surface area (Å²) in [5.74, 6) is 0. The molecule has 0 N–H and O–H groups in total. The Morgan fingerprint density at radius 3 is 2.36 bits per heavy atom. The van der Waals surface area contributed by atoms with Crippen molar-refractivity contribution in [3.05, 3.63) is 46.4 Å². The van der Waals surface area contributed by atoms with Gasteiger partial charge in [0.2, 0.25) is 0 Å². The maximum Gasteiger partial charge on any atom is 0.269 e. The van der Waals surface area contributed by atoms with Gasteiger partial charge >= 0.3 is 0 Å². The van der Waals surface area contributed by atoms with Gasteiger partial charge in [-0.1, -0.05) is 12.1 Å². The van der Waals surface area contributed by atoms with E-state index in [2.05, 4.69) is 0 Å². The van der Waals surface area contributed by atoms with Crippen LogP contribution in [0.2, 0.25) is 0 Å². The summed E-state index contributed by atoms with van der Waals surface area (Å²) in [5, 5.41) is 10.4. The van der Waals surface area contributed by atoms with Crippen molar-refractivity contribution < 1.29 is 4.92 Å². The molecule has 4 nitrogen and oxygen atoms in total. The van der Waals surface area contributed by atoms with Gasteiger partial charge in [-0.15, -0.1) is 0 Å². The van der Waals surface area contributed by atoms with Gasteiger partial charge in [0, 0.05) is 25.1 Å². The van der Waals surface area contributed by atoms with Gasteiger partial charge in [0.25, 0.3) is 5.69 Å². The zero-order chi connectivity index (χ0) is 10.6. The van der Waals surface area contributed by atoms with Crippen molar-refractivity contribution in [3.8, 4) is 0 Å². The normalized spacial score (nSPS) is 10.5. The minimum atomic E-state index is -0.393. The second kappa shape index (κ2) is 4.72. The molecule has 0 unspecified atom stereocenters. The van der Waals surface area contributed by atoms with Gasteiger partial charge in [-0.25, -0.2) is 0 Å². The molecule has 1 rings (SSSR count). The third-order valence-corrected chi connectivity index (χ3v) is 1.80. The molecule has 75 valence electrons. The van der Waals surface area contributed by atoms with Crippen LogP contribution in [0.3, 0.4) is 0 Å². The van der Waals surface area contributed by atoms with Crippen LogP contribution in [-0.4, -0.2) is 30.5 Å². The van der Waals surface area contributed by atoms with Crippen LogP contribution in [0.4, 0.5) is 5.69 Å². The van der Waals surface area contributed by atoms with Crippen molar-refractivity contribution >= 4 is 5.69 Å². The third kappa shape index (κ3) is 3.14. The highest BCUT2D eigenvalue weighted by Gasteiger charge is 2.03. The Morgan fingerprint density at radius 2 is 1.93 bits per heavy atom. The van der Waals surface area contributed by atoms with Gasteiger partial charge in [-0.3, -0.25) is 10.1 Å². The number of nitro benzene ring substituents is 1. The van der Waals surface area contributed by atoms with Crippen LogP contribution in [0.25, 0.3) is 0 Å². The summed E-state index contributed by atoms with van der Waals surface area (Å²) in [6.45, 7) is 0.831. The van der Waals surface area contributed by atoms with Gasteiger partial charge in [-0.05, 0) is 19.7 Å². The van der Waals surface area contributed by atoms with Crippen molar-refractivity contribution in [2.24, 2.45) is 0 Å². The maximum atomic E-state index is 10.4. The maximum absolute atomic E-state index is 10.4. The largest absolute Gasteiger partial charge is 0.309 e. The molecule has 0 saturated heterocycles. The molecule has 0 aliphatic rings. The number of hydrogen-bond acceptors (Lipinski definition) is 3. The molecule has 0 amide bonds. The van der Waals surface area contributed by atoms with Gasteiger partial charge in [-0.2, -0.15) is 0 Å². The fourth-order valence-electron chi connectivity index (χ4n) is 1.02. The molecular formula is C10H13N2O2. The standard InChI is InChI=1S/C10H13N2O2/c1-11(2)8-7-9-3-5-10(6-4-9)12(13)14/h3-7H,8H2,1-2H3. The molecule has 0 aromatic heterocycles. The lowest BCUT2D eigenvalue weighted by Crippen LogP contribution is -2.13. The summed E-state index contributed by atoms with van der Waals surface area (Å²) in [6.07, 6.45) is 2.02. The Morgan fingerprint density at radius 1 is 1.36 bits per heavy atom. The van der Waals surface area contributed by atoms with Crippen molar-refractivity contribution in [2.45, 2.75) is 0 Å². The van der Waals surface area contributed by atoms with Crippen molar-refractivity contribution in [1.29, 1.82) is 0 Å². The van der Waals surface area contributed by atoms with Crippen LogP contribution in [0.5, 0.6) is 0 Å². The van der Waals surface area contributed by atoms with Gasteiger partial charge in [0.1, 0.15) is 0 Å². The highest BCUT2D eigenvalue weighted by Crippen LogP contribution is 2.12. The molecule has 4 heteroatoms. The highest BCUT2D eigenvalue weighted by atomic mass is 16.6. The monoisotopic (exact) mass is 193 g/mol. The topological polar surface area (TPSA) is 46.4 Å². The lowest BCUT2D eigenvalue weighted by atomic mass is 10.1. The van der Waals surface area contributed by atoms with E-state index in [0.717, 1.165) is 12.1 Å². The average Bonchev–Trinajstić information content (AvgIpc) is 2.15. The van der Waals surface area contributed by atoms with E-state index in [4.69, 9.17) is 0 Å². The average molecular weight is 193 g/mol. The molecule has 0 saturated carbocycles. The summed E-state index contributed by atoms with van der Waals surface area (Å²) in [7, 11) is 3.95. The van der Waals surface area contributed by atoms with Crippen LogP contribution in [0.15, 0.2) is 24.3 Å². The fourth-order valence-corrected chi connectivity index (χ4v) is 1.02. The fraction of sp³-hybridized carbons (Fsp3) is 0.300. The van der Waals surface area contributed by atoms with Crippen LogP contribution in [0, 0.1) is 16.5 Å². The van der Waals surface area contributed by atoms with Crippen LogP contribution >= 0.6 is 0 Å². The zero-order valence-electron chi connectivity index (χ0n) is 8.30. The van der Waals surface area contributed by atoms with E-state index in [-0.39, 0.29) is 5.69 Å². The van der Waals surface area contributed by atoms with Crippen molar-refractivity contribution in [1.82, 2.24) is 4.90 Å². The zero-order valence-corrected chi connectivity index (χ0v) is 8.30. The smallest absolute Gasteiger partial charge is 0.269 e. The Bertz CT molecular complexity index is 306. The molecule has 0 fully saturated rings. The van der Waals surface area contributed by atoms with E-state index in [1.54, 1.807) is 12.1 Å². The first-order valence-corrected chi connectivity index (χ1v) is 4.32. The Balaban J connectivity index is 2.60. The van der Waals surface area contributed by atoms with Gasteiger partial charge < -0.3 is 4.90 Å². The molecule has 0 bridgehead atoms. The number of benzene rings is 1. The molecule has 0 heterocycles. The first-order chi connectivity index (χ1) is 6.59.